The zero-order chi connectivity index (χ0) is 14.4. The standard InChI is InChI=1S/C13H21NO5/c1-3-19-13(18)11(9(2)12(16)17)8-14-6-4-10(15)5-7-14/h10,15H,3-8H2,1-2H3,(H,16,17). The molecule has 0 bridgehead atoms. The van der Waals surface area contributed by atoms with Crippen LogP contribution in [0.15, 0.2) is 11.1 Å². The average molecular weight is 271 g/mol. The Kier molecular flexibility index (Phi) is 5.98. The van der Waals surface area contributed by atoms with Gasteiger partial charge in [0.05, 0.1) is 18.3 Å². The van der Waals surface area contributed by atoms with E-state index in [1.54, 1.807) is 6.92 Å². The molecular weight excluding hydrogens is 250 g/mol. The Bertz CT molecular complexity index is 369. The first kappa shape index (κ1) is 15.7. The number of carboxylic acid groups (broad SMARTS) is 1. The Balaban J connectivity index is 2.78. The van der Waals surface area contributed by atoms with Crippen molar-refractivity contribution < 1.29 is 24.5 Å². The van der Waals surface area contributed by atoms with Crippen molar-refractivity contribution in [3.05, 3.63) is 11.1 Å². The van der Waals surface area contributed by atoms with E-state index in [4.69, 9.17) is 9.84 Å². The molecule has 1 aliphatic heterocycles. The lowest BCUT2D eigenvalue weighted by Crippen LogP contribution is -2.38. The molecule has 0 atom stereocenters. The van der Waals surface area contributed by atoms with Crippen LogP contribution in [0, 0.1) is 0 Å². The van der Waals surface area contributed by atoms with E-state index in [0.29, 0.717) is 25.9 Å². The van der Waals surface area contributed by atoms with Crippen LogP contribution in [0.3, 0.4) is 0 Å². The van der Waals surface area contributed by atoms with E-state index >= 15 is 0 Å². The summed E-state index contributed by atoms with van der Waals surface area (Å²) in [6, 6.07) is 0. The number of piperidine rings is 1. The van der Waals surface area contributed by atoms with Crippen LogP contribution in [-0.4, -0.2) is 59.4 Å². The van der Waals surface area contributed by atoms with Gasteiger partial charge < -0.3 is 14.9 Å². The monoisotopic (exact) mass is 271 g/mol. The molecule has 19 heavy (non-hydrogen) atoms. The van der Waals surface area contributed by atoms with E-state index in [0.717, 1.165) is 0 Å². The van der Waals surface area contributed by atoms with Crippen LogP contribution in [0.25, 0.3) is 0 Å². The molecule has 0 saturated carbocycles. The SMILES string of the molecule is CCOC(=O)C(CN1CCC(O)CC1)=C(C)C(=O)O. The van der Waals surface area contributed by atoms with Gasteiger partial charge in [-0.1, -0.05) is 0 Å². The smallest absolute Gasteiger partial charge is 0.335 e. The molecule has 1 rings (SSSR count). The summed E-state index contributed by atoms with van der Waals surface area (Å²) in [5.41, 5.74) is 0.204. The largest absolute Gasteiger partial charge is 0.478 e. The van der Waals surface area contributed by atoms with Crippen molar-refractivity contribution in [2.75, 3.05) is 26.2 Å². The first-order chi connectivity index (χ1) is 8.95. The van der Waals surface area contributed by atoms with Gasteiger partial charge in [-0.15, -0.1) is 0 Å². The van der Waals surface area contributed by atoms with Gasteiger partial charge >= 0.3 is 11.9 Å². The summed E-state index contributed by atoms with van der Waals surface area (Å²) in [6.07, 6.45) is 0.983. The Morgan fingerprint density at radius 1 is 1.32 bits per heavy atom. The summed E-state index contributed by atoms with van der Waals surface area (Å²) in [5, 5.41) is 18.4. The second-order valence-electron chi connectivity index (χ2n) is 4.64. The van der Waals surface area contributed by atoms with Gasteiger partial charge in [-0.25, -0.2) is 9.59 Å². The number of esters is 1. The second-order valence-corrected chi connectivity index (χ2v) is 4.64. The topological polar surface area (TPSA) is 87.1 Å². The molecule has 0 aromatic rings. The minimum absolute atomic E-state index is 0.0181. The van der Waals surface area contributed by atoms with Gasteiger partial charge in [0.1, 0.15) is 0 Å². The maximum Gasteiger partial charge on any atom is 0.335 e. The van der Waals surface area contributed by atoms with Crippen molar-refractivity contribution in [1.82, 2.24) is 4.90 Å². The minimum atomic E-state index is -1.11. The third-order valence-electron chi connectivity index (χ3n) is 3.23. The predicted molar refractivity (Wildman–Crippen MR) is 68.6 cm³/mol. The second kappa shape index (κ2) is 7.25. The van der Waals surface area contributed by atoms with Crippen LogP contribution < -0.4 is 0 Å². The number of aliphatic carboxylic acids is 1. The van der Waals surface area contributed by atoms with Gasteiger partial charge in [0.2, 0.25) is 0 Å². The highest BCUT2D eigenvalue weighted by Crippen LogP contribution is 2.15. The molecule has 108 valence electrons. The number of nitrogens with zero attached hydrogens (tertiary/aromatic N) is 1. The van der Waals surface area contributed by atoms with Gasteiger partial charge in [-0.2, -0.15) is 0 Å². The van der Waals surface area contributed by atoms with Crippen LogP contribution >= 0.6 is 0 Å². The number of likely N-dealkylation sites (tertiary alicyclic amines) is 1. The van der Waals surface area contributed by atoms with Crippen LogP contribution in [0.4, 0.5) is 0 Å². The number of aliphatic hydroxyl groups is 1. The Morgan fingerprint density at radius 3 is 2.37 bits per heavy atom. The van der Waals surface area contributed by atoms with Gasteiger partial charge in [0, 0.05) is 25.2 Å². The number of carbonyl (C=O) groups is 2. The van der Waals surface area contributed by atoms with Gasteiger partial charge in [0.25, 0.3) is 0 Å². The van der Waals surface area contributed by atoms with Crippen molar-refractivity contribution in [2.24, 2.45) is 0 Å². The lowest BCUT2D eigenvalue weighted by Gasteiger charge is -2.30. The molecule has 0 aromatic carbocycles. The first-order valence-corrected chi connectivity index (χ1v) is 6.46. The van der Waals surface area contributed by atoms with Crippen molar-refractivity contribution in [3.63, 3.8) is 0 Å². The summed E-state index contributed by atoms with van der Waals surface area (Å²) in [4.78, 5) is 24.8. The molecule has 1 fully saturated rings. The number of carboxylic acids is 1. The molecule has 2 N–H and O–H groups in total. The summed E-state index contributed by atoms with van der Waals surface area (Å²) in [7, 11) is 0. The lowest BCUT2D eigenvalue weighted by molar-refractivity contribution is -0.140. The van der Waals surface area contributed by atoms with Crippen molar-refractivity contribution >= 4 is 11.9 Å². The van der Waals surface area contributed by atoms with Crippen molar-refractivity contribution in [2.45, 2.75) is 32.8 Å². The highest BCUT2D eigenvalue weighted by molar-refractivity contribution is 5.99. The van der Waals surface area contributed by atoms with Crippen molar-refractivity contribution in [1.29, 1.82) is 0 Å². The number of ether oxygens (including phenoxy) is 1. The van der Waals surface area contributed by atoms with Crippen LogP contribution in [-0.2, 0) is 14.3 Å². The van der Waals surface area contributed by atoms with Gasteiger partial charge in [-0.3, -0.25) is 4.90 Å². The molecule has 6 heteroatoms. The average Bonchev–Trinajstić information content (AvgIpc) is 2.37. The third-order valence-corrected chi connectivity index (χ3v) is 3.23. The zero-order valence-corrected chi connectivity index (χ0v) is 11.4. The predicted octanol–water partition coefficient (Wildman–Crippen LogP) is 0.407. The van der Waals surface area contributed by atoms with E-state index in [9.17, 15) is 14.7 Å². The van der Waals surface area contributed by atoms with E-state index in [1.165, 1.54) is 6.92 Å². The molecule has 0 amide bonds. The van der Waals surface area contributed by atoms with Crippen molar-refractivity contribution in [3.8, 4) is 0 Å². The lowest BCUT2D eigenvalue weighted by atomic mass is 10.0. The third kappa shape index (κ3) is 4.65. The Morgan fingerprint density at radius 2 is 1.89 bits per heavy atom. The molecule has 1 saturated heterocycles. The van der Waals surface area contributed by atoms with Gasteiger partial charge in [0.15, 0.2) is 0 Å². The highest BCUT2D eigenvalue weighted by atomic mass is 16.5. The molecule has 0 aromatic heterocycles. The molecule has 0 radical (unpaired) electrons. The van der Waals surface area contributed by atoms with E-state index in [-0.39, 0.29) is 30.4 Å². The number of aliphatic hydroxyl groups excluding tert-OH is 1. The quantitative estimate of drug-likeness (QED) is 0.556. The van der Waals surface area contributed by atoms with Crippen LogP contribution in [0.5, 0.6) is 0 Å². The molecule has 6 nitrogen and oxygen atoms in total. The molecule has 1 aliphatic rings. The molecule has 1 heterocycles. The number of hydrogen-bond acceptors (Lipinski definition) is 5. The normalized spacial score (nSPS) is 18.9. The Labute approximate surface area is 112 Å². The van der Waals surface area contributed by atoms with Gasteiger partial charge in [-0.05, 0) is 26.7 Å². The zero-order valence-electron chi connectivity index (χ0n) is 11.4. The Hall–Kier alpha value is -1.40. The summed E-state index contributed by atoms with van der Waals surface area (Å²) in [5.74, 6) is -1.69. The minimum Gasteiger partial charge on any atom is -0.478 e. The molecule has 0 spiro atoms. The fourth-order valence-corrected chi connectivity index (χ4v) is 1.98. The van der Waals surface area contributed by atoms with E-state index in [1.807, 2.05) is 4.90 Å². The molecule has 0 unspecified atom stereocenters. The van der Waals surface area contributed by atoms with E-state index < -0.39 is 11.9 Å². The van der Waals surface area contributed by atoms with E-state index in [2.05, 4.69) is 0 Å². The van der Waals surface area contributed by atoms with Crippen LogP contribution in [0.1, 0.15) is 26.7 Å². The fourth-order valence-electron chi connectivity index (χ4n) is 1.98. The summed E-state index contributed by atoms with van der Waals surface area (Å²) < 4.78 is 4.90. The maximum absolute atomic E-state index is 11.8. The highest BCUT2D eigenvalue weighted by Gasteiger charge is 2.24. The molecule has 0 aliphatic carbocycles. The van der Waals surface area contributed by atoms with Crippen LogP contribution in [0.2, 0.25) is 0 Å². The number of rotatable bonds is 5. The number of carbonyl (C=O) groups excluding carboxylic acids is 1. The number of hydrogen-bond donors (Lipinski definition) is 2. The molecular formula is C13H21NO5. The maximum atomic E-state index is 11.8. The fraction of sp³-hybridized carbons (Fsp3) is 0.692. The first-order valence-electron chi connectivity index (χ1n) is 6.46. The summed E-state index contributed by atoms with van der Waals surface area (Å²) in [6.45, 7) is 4.86. The summed E-state index contributed by atoms with van der Waals surface area (Å²) >= 11 is 0.